The van der Waals surface area contributed by atoms with Gasteiger partial charge in [0.05, 0.1) is 0 Å². The van der Waals surface area contributed by atoms with Crippen LogP contribution in [0.25, 0.3) is 0 Å². The maximum atomic E-state index is 11.5. The highest BCUT2D eigenvalue weighted by molar-refractivity contribution is 5.79. The van der Waals surface area contributed by atoms with Crippen LogP contribution in [0.3, 0.4) is 0 Å². The number of anilines is 1. The van der Waals surface area contributed by atoms with E-state index >= 15 is 0 Å². The molecule has 1 aliphatic carbocycles. The molecule has 0 saturated heterocycles. The Morgan fingerprint density at radius 1 is 1.38 bits per heavy atom. The van der Waals surface area contributed by atoms with Crippen LogP contribution in [0.5, 0.6) is 0 Å². The SMILES string of the molecule is CN(c1ncc[nH]c1=O)C1CCC(=O)CC1. The van der Waals surface area contributed by atoms with Gasteiger partial charge in [0.15, 0.2) is 5.82 Å². The van der Waals surface area contributed by atoms with Crippen LogP contribution in [0.1, 0.15) is 25.7 Å². The first kappa shape index (κ1) is 10.9. The number of Topliss-reactive ketones (excluding diaryl/α,β-unsaturated/α-hetero) is 1. The van der Waals surface area contributed by atoms with E-state index in [0.29, 0.717) is 24.4 Å². The smallest absolute Gasteiger partial charge is 0.290 e. The fraction of sp³-hybridized carbons (Fsp3) is 0.545. The zero-order valence-corrected chi connectivity index (χ0v) is 9.27. The molecule has 1 fully saturated rings. The van der Waals surface area contributed by atoms with Crippen LogP contribution < -0.4 is 10.5 Å². The van der Waals surface area contributed by atoms with Crippen molar-refractivity contribution in [2.45, 2.75) is 31.7 Å². The molecule has 1 aromatic rings. The minimum absolute atomic E-state index is 0.179. The molecule has 1 aliphatic rings. The van der Waals surface area contributed by atoms with Gasteiger partial charge in [0.1, 0.15) is 5.78 Å². The molecule has 0 radical (unpaired) electrons. The minimum Gasteiger partial charge on any atom is -0.352 e. The number of carbonyl (C=O) groups is 1. The number of hydrogen-bond donors (Lipinski definition) is 1. The Bertz CT molecular complexity index is 431. The number of nitrogens with one attached hydrogen (secondary N) is 1. The maximum absolute atomic E-state index is 11.5. The van der Waals surface area contributed by atoms with Crippen molar-refractivity contribution in [2.75, 3.05) is 11.9 Å². The summed E-state index contributed by atoms with van der Waals surface area (Å²) in [6.07, 6.45) is 5.93. The van der Waals surface area contributed by atoms with Gasteiger partial charge in [-0.2, -0.15) is 0 Å². The summed E-state index contributed by atoms with van der Waals surface area (Å²) in [7, 11) is 1.86. The Labute approximate surface area is 93.5 Å². The highest BCUT2D eigenvalue weighted by Crippen LogP contribution is 2.21. The largest absolute Gasteiger partial charge is 0.352 e. The Morgan fingerprint density at radius 2 is 2.06 bits per heavy atom. The molecular weight excluding hydrogens is 206 g/mol. The minimum atomic E-state index is -0.179. The van der Waals surface area contributed by atoms with Crippen molar-refractivity contribution >= 4 is 11.6 Å². The second-order valence-corrected chi connectivity index (χ2v) is 4.12. The van der Waals surface area contributed by atoms with Crippen LogP contribution in [0, 0.1) is 0 Å². The number of aromatic nitrogens is 2. The van der Waals surface area contributed by atoms with E-state index < -0.39 is 0 Å². The van der Waals surface area contributed by atoms with Crippen LogP contribution in [0.4, 0.5) is 5.82 Å². The summed E-state index contributed by atoms with van der Waals surface area (Å²) in [5, 5.41) is 0. The summed E-state index contributed by atoms with van der Waals surface area (Å²) in [6, 6.07) is 0.244. The van der Waals surface area contributed by atoms with E-state index in [2.05, 4.69) is 9.97 Å². The number of rotatable bonds is 2. The van der Waals surface area contributed by atoms with Crippen LogP contribution >= 0.6 is 0 Å². The van der Waals surface area contributed by atoms with Gasteiger partial charge < -0.3 is 9.88 Å². The average Bonchev–Trinajstić information content (AvgIpc) is 2.30. The molecule has 5 nitrogen and oxygen atoms in total. The lowest BCUT2D eigenvalue weighted by molar-refractivity contribution is -0.120. The monoisotopic (exact) mass is 221 g/mol. The van der Waals surface area contributed by atoms with Crippen LogP contribution in [-0.4, -0.2) is 28.8 Å². The Hall–Kier alpha value is -1.65. The van der Waals surface area contributed by atoms with Gasteiger partial charge in [0, 0.05) is 38.3 Å². The van der Waals surface area contributed by atoms with E-state index in [1.54, 1.807) is 6.20 Å². The van der Waals surface area contributed by atoms with E-state index in [1.165, 1.54) is 6.20 Å². The number of carbonyl (C=O) groups excluding carboxylic acids is 1. The first-order valence-corrected chi connectivity index (χ1v) is 5.46. The molecule has 5 heteroatoms. The highest BCUT2D eigenvalue weighted by Gasteiger charge is 2.24. The van der Waals surface area contributed by atoms with Crippen molar-refractivity contribution in [3.63, 3.8) is 0 Å². The molecule has 0 bridgehead atoms. The van der Waals surface area contributed by atoms with Crippen molar-refractivity contribution in [3.8, 4) is 0 Å². The molecular formula is C11H15N3O2. The Balaban J connectivity index is 2.13. The predicted octanol–water partition coefficient (Wildman–Crippen LogP) is 0.718. The Kier molecular flexibility index (Phi) is 3.03. The molecule has 1 heterocycles. The summed E-state index contributed by atoms with van der Waals surface area (Å²) in [5.41, 5.74) is -0.179. The van der Waals surface area contributed by atoms with Gasteiger partial charge in [-0.1, -0.05) is 0 Å². The van der Waals surface area contributed by atoms with E-state index in [1.807, 2.05) is 11.9 Å². The first-order chi connectivity index (χ1) is 7.68. The third-order valence-electron chi connectivity index (χ3n) is 3.08. The number of hydrogen-bond acceptors (Lipinski definition) is 4. The first-order valence-electron chi connectivity index (χ1n) is 5.46. The molecule has 16 heavy (non-hydrogen) atoms. The molecule has 0 aliphatic heterocycles. The molecule has 2 rings (SSSR count). The lowest BCUT2D eigenvalue weighted by atomic mass is 9.93. The molecule has 1 N–H and O–H groups in total. The van der Waals surface area contributed by atoms with Gasteiger partial charge in [-0.25, -0.2) is 4.98 Å². The van der Waals surface area contributed by atoms with E-state index in [-0.39, 0.29) is 11.6 Å². The molecule has 0 spiro atoms. The van der Waals surface area contributed by atoms with Crippen molar-refractivity contribution in [3.05, 3.63) is 22.7 Å². The highest BCUT2D eigenvalue weighted by atomic mass is 16.1. The lowest BCUT2D eigenvalue weighted by Gasteiger charge is -2.30. The van der Waals surface area contributed by atoms with Gasteiger partial charge in [-0.05, 0) is 12.8 Å². The average molecular weight is 221 g/mol. The number of H-pyrrole nitrogens is 1. The van der Waals surface area contributed by atoms with Gasteiger partial charge in [-0.15, -0.1) is 0 Å². The predicted molar refractivity (Wildman–Crippen MR) is 60.5 cm³/mol. The van der Waals surface area contributed by atoms with Crippen molar-refractivity contribution in [1.82, 2.24) is 9.97 Å². The molecule has 1 saturated carbocycles. The number of aromatic amines is 1. The molecule has 1 aromatic heterocycles. The molecule has 0 amide bonds. The second-order valence-electron chi connectivity index (χ2n) is 4.12. The lowest BCUT2D eigenvalue weighted by Crippen LogP contribution is -2.38. The molecule has 0 unspecified atom stereocenters. The van der Waals surface area contributed by atoms with Crippen molar-refractivity contribution in [2.24, 2.45) is 0 Å². The zero-order valence-electron chi connectivity index (χ0n) is 9.27. The molecule has 0 atom stereocenters. The van der Waals surface area contributed by atoms with Crippen LogP contribution in [-0.2, 0) is 4.79 Å². The van der Waals surface area contributed by atoms with E-state index in [9.17, 15) is 9.59 Å². The third kappa shape index (κ3) is 2.13. The second kappa shape index (κ2) is 4.47. The summed E-state index contributed by atoms with van der Waals surface area (Å²) in [4.78, 5) is 31.2. The topological polar surface area (TPSA) is 66.1 Å². The number of ketones is 1. The molecule has 86 valence electrons. The van der Waals surface area contributed by atoms with Gasteiger partial charge in [0.2, 0.25) is 0 Å². The van der Waals surface area contributed by atoms with Crippen molar-refractivity contribution < 1.29 is 4.79 Å². The fourth-order valence-electron chi connectivity index (χ4n) is 2.08. The van der Waals surface area contributed by atoms with Crippen molar-refractivity contribution in [1.29, 1.82) is 0 Å². The summed E-state index contributed by atoms with van der Waals surface area (Å²) in [6.45, 7) is 0. The standard InChI is InChI=1S/C11H15N3O2/c1-14(8-2-4-9(15)5-3-8)10-11(16)13-7-6-12-10/h6-8H,2-5H2,1H3,(H,13,16). The van der Waals surface area contributed by atoms with Gasteiger partial charge in [-0.3, -0.25) is 9.59 Å². The normalized spacial score (nSPS) is 17.4. The van der Waals surface area contributed by atoms with Crippen LogP contribution in [0.2, 0.25) is 0 Å². The number of nitrogens with zero attached hydrogens (tertiary/aromatic N) is 2. The van der Waals surface area contributed by atoms with E-state index in [0.717, 1.165) is 12.8 Å². The Morgan fingerprint density at radius 3 is 2.69 bits per heavy atom. The summed E-state index contributed by atoms with van der Waals surface area (Å²) >= 11 is 0. The fourth-order valence-corrected chi connectivity index (χ4v) is 2.08. The van der Waals surface area contributed by atoms with Crippen LogP contribution in [0.15, 0.2) is 17.2 Å². The zero-order chi connectivity index (χ0) is 11.5. The summed E-state index contributed by atoms with van der Waals surface area (Å²) < 4.78 is 0. The van der Waals surface area contributed by atoms with Gasteiger partial charge >= 0.3 is 0 Å². The molecule has 0 aromatic carbocycles. The third-order valence-corrected chi connectivity index (χ3v) is 3.08. The van der Waals surface area contributed by atoms with E-state index in [4.69, 9.17) is 0 Å². The van der Waals surface area contributed by atoms with Gasteiger partial charge in [0.25, 0.3) is 5.56 Å². The summed E-state index contributed by atoms with van der Waals surface area (Å²) in [5.74, 6) is 0.751. The quantitative estimate of drug-likeness (QED) is 0.799. The maximum Gasteiger partial charge on any atom is 0.290 e.